The molecule has 0 radical (unpaired) electrons. The van der Waals surface area contributed by atoms with Gasteiger partial charge in [-0.05, 0) is 105 Å². The second-order valence-electron chi connectivity index (χ2n) is 16.4. The molecule has 2 aliphatic carbocycles. The van der Waals surface area contributed by atoms with Crippen molar-refractivity contribution in [3.8, 4) is 0 Å². The van der Waals surface area contributed by atoms with E-state index in [-0.39, 0.29) is 48.4 Å². The molecule has 0 aromatic carbocycles. The number of alkyl halides is 6. The van der Waals surface area contributed by atoms with Crippen LogP contribution in [0.1, 0.15) is 76.1 Å². The summed E-state index contributed by atoms with van der Waals surface area (Å²) >= 11 is 1.62. The van der Waals surface area contributed by atoms with E-state index in [0.29, 0.717) is 23.5 Å². The minimum atomic E-state index is -4.60. The first-order chi connectivity index (χ1) is 28.1. The summed E-state index contributed by atoms with van der Waals surface area (Å²) in [7, 11) is 0. The Morgan fingerprint density at radius 2 is 1.24 bits per heavy atom. The van der Waals surface area contributed by atoms with Gasteiger partial charge in [0, 0.05) is 54.6 Å². The van der Waals surface area contributed by atoms with Crippen molar-refractivity contribution in [1.29, 1.82) is 0 Å². The second-order valence-corrected chi connectivity index (χ2v) is 18.5. The van der Waals surface area contributed by atoms with Crippen molar-refractivity contribution in [2.45, 2.75) is 103 Å². The third kappa shape index (κ3) is 8.91. The molecule has 59 heavy (non-hydrogen) atoms. The van der Waals surface area contributed by atoms with Crippen LogP contribution in [0, 0.1) is 22.7 Å². The van der Waals surface area contributed by atoms with Gasteiger partial charge in [0.15, 0.2) is 23.0 Å². The van der Waals surface area contributed by atoms with E-state index in [9.17, 15) is 26.3 Å². The van der Waals surface area contributed by atoms with Gasteiger partial charge in [0.25, 0.3) is 0 Å². The fourth-order valence-electron chi connectivity index (χ4n) is 9.59. The Morgan fingerprint density at radius 3 is 1.73 bits per heavy atom. The maximum atomic E-state index is 13.5. The highest BCUT2D eigenvalue weighted by Gasteiger charge is 2.48. The quantitative estimate of drug-likeness (QED) is 0.129. The lowest BCUT2D eigenvalue weighted by Gasteiger charge is -2.43. The third-order valence-electron chi connectivity index (χ3n) is 12.6. The van der Waals surface area contributed by atoms with Crippen LogP contribution in [0.25, 0.3) is 0 Å². The topological polar surface area (TPSA) is 148 Å². The molecule has 2 unspecified atom stereocenters. The molecule has 2 spiro atoms. The number of rotatable bonds is 8. The van der Waals surface area contributed by atoms with Gasteiger partial charge in [-0.2, -0.15) is 26.3 Å². The van der Waals surface area contributed by atoms with Crippen LogP contribution in [0.15, 0.2) is 73.9 Å². The molecule has 4 aliphatic rings. The van der Waals surface area contributed by atoms with Crippen molar-refractivity contribution < 1.29 is 26.3 Å². The highest BCUT2D eigenvalue weighted by molar-refractivity contribution is 7.99. The molecule has 0 amide bonds. The molecule has 0 bridgehead atoms. The first-order valence-corrected chi connectivity index (χ1v) is 21.4. The number of aliphatic imine (C=N–C) groups is 1. The molecular formula is C40H45F6N11S2. The summed E-state index contributed by atoms with van der Waals surface area (Å²) in [5, 5.41) is 0.414. The summed E-state index contributed by atoms with van der Waals surface area (Å²) in [5.41, 5.74) is 10.9. The van der Waals surface area contributed by atoms with Gasteiger partial charge in [0.05, 0.1) is 18.4 Å². The minimum Gasteiger partial charge on any atom is -0.381 e. The van der Waals surface area contributed by atoms with E-state index in [2.05, 4.69) is 52.8 Å². The van der Waals surface area contributed by atoms with Gasteiger partial charge >= 0.3 is 12.4 Å². The van der Waals surface area contributed by atoms with E-state index in [1.165, 1.54) is 24.3 Å². The molecule has 4 fully saturated rings. The molecule has 3 atom stereocenters. The lowest BCUT2D eigenvalue weighted by Crippen LogP contribution is -2.43. The standard InChI is InChI=1S/C40H45F6N11S2/c1-24-18-25(38(19-24)10-16-57(17-11-38)30-23-53-36(34(48)55-30)59-28-5-3-13-50-32(28)40(44,45)46)21-51-26-6-7-37(20-26)8-14-56(15-9-37)29-22-52-35(33(47)54-29)58-27-4-2-12-49-31(27)39(41,42)43/h2-5,12-13,21-26H,6-11,14-20H2,1H3,(H2,47,54)(H2,48,55)/t24-,25?,26?/m1/s1. The monoisotopic (exact) mass is 857 g/mol. The molecule has 2 aliphatic heterocycles. The summed E-state index contributed by atoms with van der Waals surface area (Å²) in [6.45, 7) is 5.47. The third-order valence-corrected chi connectivity index (χ3v) is 14.7. The lowest BCUT2D eigenvalue weighted by atomic mass is 9.71. The van der Waals surface area contributed by atoms with E-state index >= 15 is 0 Å². The summed E-state index contributed by atoms with van der Waals surface area (Å²) in [6, 6.07) is 5.88. The van der Waals surface area contributed by atoms with Crippen LogP contribution in [0.2, 0.25) is 0 Å². The number of nitrogens with two attached hydrogens (primary N) is 2. The maximum absolute atomic E-state index is 13.5. The van der Waals surface area contributed by atoms with Gasteiger partial charge < -0.3 is 21.3 Å². The molecule has 2 saturated carbocycles. The SMILES string of the molecule is C[C@@H]1CC(C=NC2CCC3(CCN(c4cnc(Sc5cccnc5C(F)(F)F)c(N)n4)CC3)C2)C2(CCN(c3cnc(Sc4cccnc4C(F)(F)F)c(N)n3)CC2)C1. The predicted octanol–water partition coefficient (Wildman–Crippen LogP) is 9.10. The number of hydrogen-bond donors (Lipinski definition) is 2. The number of nitrogens with zero attached hydrogens (tertiary/aromatic N) is 9. The van der Waals surface area contributed by atoms with Gasteiger partial charge in [-0.15, -0.1) is 0 Å². The van der Waals surface area contributed by atoms with Crippen molar-refractivity contribution in [2.75, 3.05) is 47.4 Å². The number of anilines is 4. The number of halogens is 6. The summed E-state index contributed by atoms with van der Waals surface area (Å²) in [6.07, 6.45) is 7.90. The average Bonchev–Trinajstić information content (AvgIpc) is 3.74. The fourth-order valence-corrected chi connectivity index (χ4v) is 11.3. The maximum Gasteiger partial charge on any atom is 0.434 e. The Kier molecular flexibility index (Phi) is 11.4. The molecule has 4 N–H and O–H groups in total. The van der Waals surface area contributed by atoms with E-state index in [1.807, 2.05) is 0 Å². The van der Waals surface area contributed by atoms with Crippen LogP contribution in [0.5, 0.6) is 0 Å². The predicted molar refractivity (Wildman–Crippen MR) is 215 cm³/mol. The number of piperidine rings is 2. The van der Waals surface area contributed by atoms with Gasteiger partial charge in [0.2, 0.25) is 0 Å². The van der Waals surface area contributed by atoms with Crippen LogP contribution < -0.4 is 21.3 Å². The second kappa shape index (κ2) is 16.2. The molecule has 11 nitrogen and oxygen atoms in total. The summed E-state index contributed by atoms with van der Waals surface area (Å²) in [5.74, 6) is 2.40. The first kappa shape index (κ1) is 41.3. The van der Waals surface area contributed by atoms with Crippen LogP contribution in [-0.2, 0) is 12.4 Å². The van der Waals surface area contributed by atoms with E-state index in [1.54, 1.807) is 12.4 Å². The molecule has 19 heteroatoms. The van der Waals surface area contributed by atoms with Gasteiger partial charge in [-0.1, -0.05) is 30.4 Å². The average molecular weight is 858 g/mol. The minimum absolute atomic E-state index is 0.0779. The van der Waals surface area contributed by atoms with Crippen molar-refractivity contribution in [2.24, 2.45) is 27.7 Å². The molecule has 8 rings (SSSR count). The van der Waals surface area contributed by atoms with Gasteiger partial charge in [-0.25, -0.2) is 19.9 Å². The normalized spacial score (nSPS) is 23.2. The summed E-state index contributed by atoms with van der Waals surface area (Å²) in [4.78, 5) is 34.4. The molecular weight excluding hydrogens is 813 g/mol. The Bertz CT molecular complexity index is 2170. The number of aromatic nitrogens is 6. The van der Waals surface area contributed by atoms with Crippen molar-refractivity contribution in [1.82, 2.24) is 29.9 Å². The Hall–Kier alpha value is -4.39. The zero-order valence-electron chi connectivity index (χ0n) is 32.4. The van der Waals surface area contributed by atoms with Crippen LogP contribution in [0.4, 0.5) is 49.6 Å². The highest BCUT2D eigenvalue weighted by Crippen LogP contribution is 2.53. The number of pyridine rings is 2. The molecule has 6 heterocycles. The Balaban J connectivity index is 0.844. The smallest absolute Gasteiger partial charge is 0.381 e. The van der Waals surface area contributed by atoms with Crippen molar-refractivity contribution >= 4 is 53.0 Å². The number of nitrogen functional groups attached to an aromatic ring is 2. The van der Waals surface area contributed by atoms with Crippen LogP contribution in [0.3, 0.4) is 0 Å². The Labute approximate surface area is 346 Å². The van der Waals surface area contributed by atoms with E-state index in [4.69, 9.17) is 16.5 Å². The molecule has 4 aromatic rings. The summed E-state index contributed by atoms with van der Waals surface area (Å²) < 4.78 is 80.9. The largest absolute Gasteiger partial charge is 0.434 e. The zero-order valence-corrected chi connectivity index (χ0v) is 34.0. The van der Waals surface area contributed by atoms with Crippen LogP contribution >= 0.6 is 23.5 Å². The van der Waals surface area contributed by atoms with E-state index in [0.717, 1.165) is 120 Å². The van der Waals surface area contributed by atoms with E-state index < -0.39 is 23.7 Å². The highest BCUT2D eigenvalue weighted by atomic mass is 32.2. The van der Waals surface area contributed by atoms with Gasteiger partial charge in [-0.3, -0.25) is 15.0 Å². The van der Waals surface area contributed by atoms with Crippen molar-refractivity contribution in [3.63, 3.8) is 0 Å². The zero-order chi connectivity index (χ0) is 41.6. The molecule has 4 aromatic heterocycles. The van der Waals surface area contributed by atoms with Gasteiger partial charge in [0.1, 0.15) is 21.7 Å². The fraction of sp³-hybridized carbons (Fsp3) is 0.525. The first-order valence-electron chi connectivity index (χ1n) is 19.8. The molecule has 314 valence electrons. The lowest BCUT2D eigenvalue weighted by molar-refractivity contribution is -0.144. The molecule has 2 saturated heterocycles. The van der Waals surface area contributed by atoms with Crippen LogP contribution in [-0.4, -0.2) is 68.3 Å². The Morgan fingerprint density at radius 1 is 0.729 bits per heavy atom. The number of hydrogen-bond acceptors (Lipinski definition) is 13. The van der Waals surface area contributed by atoms with Crippen molar-refractivity contribution in [3.05, 3.63) is 60.4 Å².